The van der Waals surface area contributed by atoms with Gasteiger partial charge in [-0.1, -0.05) is 36.7 Å². The molecule has 0 unspecified atom stereocenters. The summed E-state index contributed by atoms with van der Waals surface area (Å²) in [7, 11) is 0. The summed E-state index contributed by atoms with van der Waals surface area (Å²) in [6.45, 7) is 11.5. The molecule has 0 N–H and O–H groups in total. The van der Waals surface area contributed by atoms with Gasteiger partial charge in [0.25, 0.3) is 0 Å². The number of rotatable bonds is 3. The average Bonchev–Trinajstić information content (AvgIpc) is 3.01. The molecule has 2 heterocycles. The fourth-order valence-corrected chi connectivity index (χ4v) is 6.79. The topological polar surface area (TPSA) is 32.8 Å². The van der Waals surface area contributed by atoms with E-state index < -0.39 is 0 Å². The Labute approximate surface area is 185 Å². The SMILES string of the molecule is C=C1CCC[C@]2(C)C[C@H]3OC(=O)[C@@H](CN4CCN(c5cccc(Cl)c5)CC4)[C@@H]3C[C@@H]12. The number of hydrogen-bond donors (Lipinski definition) is 0. The third-order valence-electron chi connectivity index (χ3n) is 8.32. The smallest absolute Gasteiger partial charge is 0.310 e. The Balaban J connectivity index is 1.23. The molecular formula is C25H33ClN2O2. The molecule has 0 radical (unpaired) electrons. The number of benzene rings is 1. The minimum atomic E-state index is 0.0204. The van der Waals surface area contributed by atoms with Gasteiger partial charge in [0.2, 0.25) is 0 Å². The third kappa shape index (κ3) is 3.67. The largest absolute Gasteiger partial charge is 0.462 e. The molecule has 4 nitrogen and oxygen atoms in total. The van der Waals surface area contributed by atoms with Crippen LogP contribution in [0.4, 0.5) is 5.69 Å². The minimum absolute atomic E-state index is 0.0204. The number of ether oxygens (including phenoxy) is 1. The molecule has 4 aliphatic rings. The van der Waals surface area contributed by atoms with Crippen molar-refractivity contribution in [3.8, 4) is 0 Å². The van der Waals surface area contributed by atoms with Crippen molar-refractivity contribution < 1.29 is 9.53 Å². The maximum Gasteiger partial charge on any atom is 0.310 e. The first-order chi connectivity index (χ1) is 14.4. The van der Waals surface area contributed by atoms with Gasteiger partial charge in [0.1, 0.15) is 6.10 Å². The Bertz CT molecular complexity index is 834. The van der Waals surface area contributed by atoms with Gasteiger partial charge < -0.3 is 9.64 Å². The molecule has 2 aliphatic heterocycles. The number of esters is 1. The summed E-state index contributed by atoms with van der Waals surface area (Å²) >= 11 is 6.16. The molecule has 0 bridgehead atoms. The summed E-state index contributed by atoms with van der Waals surface area (Å²) in [6.07, 6.45) is 5.85. The van der Waals surface area contributed by atoms with Gasteiger partial charge in [-0.15, -0.1) is 0 Å². The molecule has 2 saturated heterocycles. The van der Waals surface area contributed by atoms with Crippen molar-refractivity contribution in [3.63, 3.8) is 0 Å². The molecule has 5 atom stereocenters. The standard InChI is InChI=1S/C25H33ClN2O2/c1-17-5-4-8-25(2)15-23-20(14-22(17)25)21(24(29)30-23)16-27-9-11-28(12-10-27)19-7-3-6-18(26)13-19/h3,6-7,13,20-23H,1,4-5,8-12,14-16H2,2H3/t20-,21-,22-,23+,25+/m0/s1. The average molecular weight is 429 g/mol. The first kappa shape index (κ1) is 20.4. The zero-order valence-electron chi connectivity index (χ0n) is 18.0. The first-order valence-corrected chi connectivity index (χ1v) is 11.9. The van der Waals surface area contributed by atoms with Gasteiger partial charge >= 0.3 is 5.97 Å². The molecule has 1 aromatic carbocycles. The molecule has 1 aromatic rings. The van der Waals surface area contributed by atoms with Gasteiger partial charge in [-0.05, 0) is 61.6 Å². The van der Waals surface area contributed by atoms with Gasteiger partial charge in [0.05, 0.1) is 5.92 Å². The maximum atomic E-state index is 12.8. The van der Waals surface area contributed by atoms with Gasteiger partial charge in [-0.2, -0.15) is 0 Å². The Morgan fingerprint density at radius 2 is 2.07 bits per heavy atom. The predicted octanol–water partition coefficient (Wildman–Crippen LogP) is 4.78. The lowest BCUT2D eigenvalue weighted by Gasteiger charge is -2.50. The summed E-state index contributed by atoms with van der Waals surface area (Å²) in [4.78, 5) is 17.7. The Morgan fingerprint density at radius 3 is 2.83 bits per heavy atom. The van der Waals surface area contributed by atoms with Crippen LogP contribution >= 0.6 is 11.6 Å². The fraction of sp³-hybridized carbons (Fsp3) is 0.640. The molecule has 4 fully saturated rings. The molecule has 0 spiro atoms. The van der Waals surface area contributed by atoms with E-state index in [1.165, 1.54) is 24.1 Å². The molecule has 5 heteroatoms. The highest BCUT2D eigenvalue weighted by Crippen LogP contribution is 2.56. The minimum Gasteiger partial charge on any atom is -0.462 e. The van der Waals surface area contributed by atoms with Crippen molar-refractivity contribution in [1.29, 1.82) is 0 Å². The van der Waals surface area contributed by atoms with Gasteiger partial charge in [-0.25, -0.2) is 0 Å². The second-order valence-corrected chi connectivity index (χ2v) is 10.6. The highest BCUT2D eigenvalue weighted by Gasteiger charge is 2.55. The molecule has 30 heavy (non-hydrogen) atoms. The van der Waals surface area contributed by atoms with Crippen LogP contribution in [0.15, 0.2) is 36.4 Å². The van der Waals surface area contributed by atoms with Crippen LogP contribution in [0.1, 0.15) is 39.0 Å². The van der Waals surface area contributed by atoms with Crippen LogP contribution in [0, 0.1) is 23.2 Å². The van der Waals surface area contributed by atoms with E-state index in [1.807, 2.05) is 18.2 Å². The second-order valence-electron chi connectivity index (χ2n) is 10.2. The molecule has 5 rings (SSSR count). The van der Waals surface area contributed by atoms with Crippen molar-refractivity contribution in [3.05, 3.63) is 41.4 Å². The van der Waals surface area contributed by atoms with Crippen molar-refractivity contribution in [2.24, 2.45) is 23.2 Å². The van der Waals surface area contributed by atoms with Crippen LogP contribution in [0.25, 0.3) is 0 Å². The number of allylic oxidation sites excluding steroid dienone is 1. The number of hydrogen-bond acceptors (Lipinski definition) is 4. The number of anilines is 1. The second kappa shape index (κ2) is 7.87. The number of halogens is 1. The van der Waals surface area contributed by atoms with E-state index in [9.17, 15) is 4.79 Å². The summed E-state index contributed by atoms with van der Waals surface area (Å²) < 4.78 is 5.95. The number of piperazine rings is 1. The summed E-state index contributed by atoms with van der Waals surface area (Å²) in [5, 5.41) is 0.781. The van der Waals surface area contributed by atoms with Crippen LogP contribution in [-0.4, -0.2) is 49.7 Å². The van der Waals surface area contributed by atoms with E-state index in [4.69, 9.17) is 16.3 Å². The van der Waals surface area contributed by atoms with Crippen LogP contribution < -0.4 is 4.90 Å². The highest BCUT2D eigenvalue weighted by molar-refractivity contribution is 6.30. The molecule has 162 valence electrons. The third-order valence-corrected chi connectivity index (χ3v) is 8.56. The van der Waals surface area contributed by atoms with Crippen molar-refractivity contribution >= 4 is 23.3 Å². The van der Waals surface area contributed by atoms with E-state index in [-0.39, 0.29) is 23.4 Å². The highest BCUT2D eigenvalue weighted by atomic mass is 35.5. The zero-order chi connectivity index (χ0) is 20.9. The van der Waals surface area contributed by atoms with Crippen LogP contribution in [0.3, 0.4) is 0 Å². The summed E-state index contributed by atoms with van der Waals surface area (Å²) in [5.41, 5.74) is 2.87. The zero-order valence-corrected chi connectivity index (χ0v) is 18.7. The summed E-state index contributed by atoms with van der Waals surface area (Å²) in [6, 6.07) is 8.08. The molecule has 2 saturated carbocycles. The van der Waals surface area contributed by atoms with E-state index >= 15 is 0 Å². The lowest BCUT2D eigenvalue weighted by atomic mass is 9.55. The number of carbonyl (C=O) groups excluding carboxylic acids is 1. The molecule has 2 aliphatic carbocycles. The van der Waals surface area contributed by atoms with Crippen LogP contribution in [-0.2, 0) is 9.53 Å². The maximum absolute atomic E-state index is 12.8. The lowest BCUT2D eigenvalue weighted by Crippen LogP contribution is -2.50. The number of nitrogens with zero attached hydrogens (tertiary/aromatic N) is 2. The van der Waals surface area contributed by atoms with Crippen molar-refractivity contribution in [2.45, 2.75) is 45.1 Å². The van der Waals surface area contributed by atoms with Gasteiger partial charge in [0.15, 0.2) is 0 Å². The lowest BCUT2D eigenvalue weighted by molar-refractivity contribution is -0.146. The quantitative estimate of drug-likeness (QED) is 0.512. The monoisotopic (exact) mass is 428 g/mol. The normalized spacial score (nSPS) is 36.9. The number of carbonyl (C=O) groups is 1. The van der Waals surface area contributed by atoms with E-state index in [0.29, 0.717) is 11.8 Å². The first-order valence-electron chi connectivity index (χ1n) is 11.5. The Morgan fingerprint density at radius 1 is 1.27 bits per heavy atom. The molecule has 0 amide bonds. The Kier molecular flexibility index (Phi) is 5.35. The summed E-state index contributed by atoms with van der Waals surface area (Å²) in [5.74, 6) is 0.975. The van der Waals surface area contributed by atoms with Gasteiger partial charge in [-0.3, -0.25) is 9.69 Å². The van der Waals surface area contributed by atoms with E-state index in [0.717, 1.165) is 57.0 Å². The van der Waals surface area contributed by atoms with Crippen molar-refractivity contribution in [2.75, 3.05) is 37.6 Å². The predicted molar refractivity (Wildman–Crippen MR) is 121 cm³/mol. The van der Waals surface area contributed by atoms with Crippen molar-refractivity contribution in [1.82, 2.24) is 4.90 Å². The fourth-order valence-electron chi connectivity index (χ4n) is 6.60. The van der Waals surface area contributed by atoms with E-state index in [1.54, 1.807) is 0 Å². The van der Waals surface area contributed by atoms with Crippen LogP contribution in [0.5, 0.6) is 0 Å². The van der Waals surface area contributed by atoms with Crippen LogP contribution in [0.2, 0.25) is 5.02 Å². The number of fused-ring (bicyclic) bond motifs is 2. The van der Waals surface area contributed by atoms with E-state index in [2.05, 4.69) is 29.4 Å². The van der Waals surface area contributed by atoms with Gasteiger partial charge in [0, 0.05) is 49.4 Å². The molecular weight excluding hydrogens is 396 g/mol. The Hall–Kier alpha value is -1.52. The molecule has 0 aromatic heterocycles.